The number of anilines is 1. The first-order valence-electron chi connectivity index (χ1n) is 6.30. The van der Waals surface area contributed by atoms with Gasteiger partial charge in [0.15, 0.2) is 0 Å². The van der Waals surface area contributed by atoms with E-state index in [0.717, 1.165) is 5.03 Å². The first kappa shape index (κ1) is 16.3. The molecule has 0 aliphatic carbocycles. The second kappa shape index (κ2) is 7.24. The average Bonchev–Trinajstić information content (AvgIpc) is 2.50. The first-order chi connectivity index (χ1) is 10.5. The number of aromatic nitrogens is 1. The molecule has 0 spiro atoms. The van der Waals surface area contributed by atoms with Crippen molar-refractivity contribution in [2.24, 2.45) is 0 Å². The Morgan fingerprint density at radius 3 is 2.82 bits per heavy atom. The summed E-state index contributed by atoms with van der Waals surface area (Å²) in [6, 6.07) is 9.32. The highest BCUT2D eigenvalue weighted by Gasteiger charge is 2.18. The molecule has 1 amide bonds. The number of nitro benzene ring substituents is 1. The van der Waals surface area contributed by atoms with E-state index >= 15 is 0 Å². The molecule has 0 fully saturated rings. The van der Waals surface area contributed by atoms with Gasteiger partial charge in [0.25, 0.3) is 5.69 Å². The van der Waals surface area contributed by atoms with E-state index in [1.54, 1.807) is 25.3 Å². The maximum absolute atomic E-state index is 12.2. The number of non-ortho nitro benzene ring substituents is 1. The minimum absolute atomic E-state index is 0.135. The van der Waals surface area contributed by atoms with Gasteiger partial charge in [-0.1, -0.05) is 29.4 Å². The summed E-state index contributed by atoms with van der Waals surface area (Å²) in [5.74, 6) is -0.307. The summed E-state index contributed by atoms with van der Waals surface area (Å²) in [6.45, 7) is 1.72. The number of hydrogen-bond donors (Lipinski definition) is 1. The van der Waals surface area contributed by atoms with E-state index in [-0.39, 0.29) is 22.3 Å². The van der Waals surface area contributed by atoms with Crippen LogP contribution in [0.4, 0.5) is 11.4 Å². The summed E-state index contributed by atoms with van der Waals surface area (Å²) in [5, 5.41) is 13.9. The smallest absolute Gasteiger partial charge is 0.271 e. The van der Waals surface area contributed by atoms with Crippen LogP contribution in [-0.4, -0.2) is 21.1 Å². The van der Waals surface area contributed by atoms with Gasteiger partial charge in [-0.2, -0.15) is 0 Å². The number of nitro groups is 1. The van der Waals surface area contributed by atoms with E-state index in [2.05, 4.69) is 10.3 Å². The van der Waals surface area contributed by atoms with Crippen LogP contribution in [0.5, 0.6) is 0 Å². The van der Waals surface area contributed by atoms with Crippen LogP contribution in [0.1, 0.15) is 6.92 Å². The lowest BCUT2D eigenvalue weighted by Gasteiger charge is -2.12. The van der Waals surface area contributed by atoms with Crippen molar-refractivity contribution in [3.63, 3.8) is 0 Å². The molecule has 1 unspecified atom stereocenters. The summed E-state index contributed by atoms with van der Waals surface area (Å²) < 4.78 is 0. The predicted molar refractivity (Wildman–Crippen MR) is 86.3 cm³/mol. The lowest BCUT2D eigenvalue weighted by atomic mass is 10.2. The van der Waals surface area contributed by atoms with E-state index < -0.39 is 10.2 Å². The van der Waals surface area contributed by atoms with Crippen LogP contribution in [0, 0.1) is 10.1 Å². The molecule has 1 aromatic heterocycles. The topological polar surface area (TPSA) is 85.1 Å². The number of nitrogens with zero attached hydrogens (tertiary/aromatic N) is 2. The standard InChI is InChI=1S/C14H12ClN3O3S/c1-9(22-13-4-2-3-7-16-13)14(19)17-12-8-10(18(20)21)5-6-11(12)15/h2-9H,1H3,(H,17,19). The third kappa shape index (κ3) is 4.19. The molecule has 1 heterocycles. The molecule has 6 nitrogen and oxygen atoms in total. The van der Waals surface area contributed by atoms with Crippen LogP contribution in [0.25, 0.3) is 0 Å². The fourth-order valence-electron chi connectivity index (χ4n) is 1.61. The van der Waals surface area contributed by atoms with Crippen molar-refractivity contribution in [2.75, 3.05) is 5.32 Å². The molecule has 22 heavy (non-hydrogen) atoms. The maximum atomic E-state index is 12.2. The monoisotopic (exact) mass is 337 g/mol. The molecule has 1 N–H and O–H groups in total. The number of benzene rings is 1. The van der Waals surface area contributed by atoms with E-state index in [4.69, 9.17) is 11.6 Å². The number of amides is 1. The first-order valence-corrected chi connectivity index (χ1v) is 7.55. The third-order valence-electron chi connectivity index (χ3n) is 2.72. The number of pyridine rings is 1. The number of carbonyl (C=O) groups is 1. The molecular formula is C14H12ClN3O3S. The minimum Gasteiger partial charge on any atom is -0.324 e. The van der Waals surface area contributed by atoms with Gasteiger partial charge >= 0.3 is 0 Å². The lowest BCUT2D eigenvalue weighted by Crippen LogP contribution is -2.22. The summed E-state index contributed by atoms with van der Waals surface area (Å²) in [4.78, 5) is 26.5. The van der Waals surface area contributed by atoms with Gasteiger partial charge in [-0.3, -0.25) is 14.9 Å². The van der Waals surface area contributed by atoms with Crippen LogP contribution >= 0.6 is 23.4 Å². The highest BCUT2D eigenvalue weighted by Crippen LogP contribution is 2.28. The Morgan fingerprint density at radius 1 is 1.41 bits per heavy atom. The summed E-state index contributed by atoms with van der Waals surface area (Å²) in [7, 11) is 0. The molecule has 0 aliphatic rings. The van der Waals surface area contributed by atoms with E-state index in [1.807, 2.05) is 6.07 Å². The van der Waals surface area contributed by atoms with Gasteiger partial charge in [-0.15, -0.1) is 0 Å². The zero-order valence-electron chi connectivity index (χ0n) is 11.5. The fourth-order valence-corrected chi connectivity index (χ4v) is 2.58. The van der Waals surface area contributed by atoms with Gasteiger partial charge in [0.2, 0.25) is 5.91 Å². The molecule has 0 bridgehead atoms. The summed E-state index contributed by atoms with van der Waals surface area (Å²) in [5.41, 5.74) is 0.0825. The van der Waals surface area contributed by atoms with E-state index in [9.17, 15) is 14.9 Å². The van der Waals surface area contributed by atoms with Crippen molar-refractivity contribution in [1.29, 1.82) is 0 Å². The number of halogens is 1. The highest BCUT2D eigenvalue weighted by atomic mass is 35.5. The van der Waals surface area contributed by atoms with E-state index in [1.165, 1.54) is 30.0 Å². The van der Waals surface area contributed by atoms with Crippen LogP contribution in [0.3, 0.4) is 0 Å². The van der Waals surface area contributed by atoms with Crippen molar-refractivity contribution < 1.29 is 9.72 Å². The van der Waals surface area contributed by atoms with Crippen molar-refractivity contribution >= 4 is 40.6 Å². The number of hydrogen-bond acceptors (Lipinski definition) is 5. The van der Waals surface area contributed by atoms with Crippen LogP contribution in [0.15, 0.2) is 47.6 Å². The van der Waals surface area contributed by atoms with Gasteiger partial charge in [0.1, 0.15) is 0 Å². The Kier molecular flexibility index (Phi) is 5.35. The molecule has 114 valence electrons. The Morgan fingerprint density at radius 2 is 2.18 bits per heavy atom. The average molecular weight is 338 g/mol. The van der Waals surface area contributed by atoms with E-state index in [0.29, 0.717) is 0 Å². The van der Waals surface area contributed by atoms with Crippen LogP contribution < -0.4 is 5.32 Å². The van der Waals surface area contributed by atoms with Gasteiger partial charge < -0.3 is 5.32 Å². The quantitative estimate of drug-likeness (QED) is 0.510. The van der Waals surface area contributed by atoms with Gasteiger partial charge in [-0.25, -0.2) is 4.98 Å². The Labute approximate surface area is 136 Å². The second-order valence-corrected chi connectivity index (χ2v) is 6.11. The molecule has 2 rings (SSSR count). The van der Waals surface area contributed by atoms with Crippen LogP contribution in [-0.2, 0) is 4.79 Å². The van der Waals surface area contributed by atoms with Crippen LogP contribution in [0.2, 0.25) is 5.02 Å². The Balaban J connectivity index is 2.08. The molecule has 0 radical (unpaired) electrons. The number of nitrogens with one attached hydrogen (secondary N) is 1. The molecule has 8 heteroatoms. The number of thioether (sulfide) groups is 1. The summed E-state index contributed by atoms with van der Waals surface area (Å²) in [6.07, 6.45) is 1.64. The molecule has 0 saturated heterocycles. The second-order valence-electron chi connectivity index (χ2n) is 4.34. The molecule has 0 saturated carbocycles. The number of rotatable bonds is 5. The zero-order valence-corrected chi connectivity index (χ0v) is 13.1. The van der Waals surface area contributed by atoms with Crippen molar-refractivity contribution in [2.45, 2.75) is 17.2 Å². The van der Waals surface area contributed by atoms with Gasteiger partial charge in [0, 0.05) is 18.3 Å². The fraction of sp³-hybridized carbons (Fsp3) is 0.143. The predicted octanol–water partition coefficient (Wildman–Crippen LogP) is 3.76. The number of carbonyl (C=O) groups excluding carboxylic acids is 1. The highest BCUT2D eigenvalue weighted by molar-refractivity contribution is 8.00. The Bertz CT molecular complexity index is 697. The molecule has 1 aromatic carbocycles. The molecule has 1 atom stereocenters. The third-order valence-corrected chi connectivity index (χ3v) is 4.10. The minimum atomic E-state index is -0.544. The maximum Gasteiger partial charge on any atom is 0.271 e. The molecule has 0 aliphatic heterocycles. The van der Waals surface area contributed by atoms with Gasteiger partial charge in [0.05, 0.1) is 25.9 Å². The zero-order chi connectivity index (χ0) is 16.1. The van der Waals surface area contributed by atoms with Crippen molar-refractivity contribution in [3.8, 4) is 0 Å². The normalized spacial score (nSPS) is 11.7. The SMILES string of the molecule is CC(Sc1ccccn1)C(=O)Nc1cc([N+](=O)[O-])ccc1Cl. The lowest BCUT2D eigenvalue weighted by molar-refractivity contribution is -0.384. The van der Waals surface area contributed by atoms with Gasteiger partial charge in [-0.05, 0) is 25.1 Å². The summed E-state index contributed by atoms with van der Waals surface area (Å²) >= 11 is 7.24. The molecule has 2 aromatic rings. The Hall–Kier alpha value is -2.12. The molecular weight excluding hydrogens is 326 g/mol. The van der Waals surface area contributed by atoms with Crippen molar-refractivity contribution in [1.82, 2.24) is 4.98 Å². The van der Waals surface area contributed by atoms with Crippen molar-refractivity contribution in [3.05, 3.63) is 57.7 Å². The largest absolute Gasteiger partial charge is 0.324 e.